The van der Waals surface area contributed by atoms with Crippen molar-refractivity contribution in [1.29, 1.82) is 0 Å². The van der Waals surface area contributed by atoms with E-state index < -0.39 is 0 Å². The molecule has 0 spiro atoms. The fourth-order valence-corrected chi connectivity index (χ4v) is 2.24. The molecular formula is C16H20N2O2. The number of aliphatic hydroxyl groups is 1. The van der Waals surface area contributed by atoms with E-state index in [4.69, 9.17) is 0 Å². The number of benzene rings is 1. The van der Waals surface area contributed by atoms with E-state index in [1.54, 1.807) is 0 Å². The summed E-state index contributed by atoms with van der Waals surface area (Å²) in [6.45, 7) is 1.85. The van der Waals surface area contributed by atoms with E-state index in [1.165, 1.54) is 0 Å². The molecule has 0 saturated carbocycles. The van der Waals surface area contributed by atoms with Crippen molar-refractivity contribution in [3.05, 3.63) is 48.2 Å². The first kappa shape index (κ1) is 14.3. The molecule has 4 heteroatoms. The van der Waals surface area contributed by atoms with Gasteiger partial charge in [-0.2, -0.15) is 0 Å². The van der Waals surface area contributed by atoms with Crippen LogP contribution >= 0.6 is 0 Å². The number of hydrogen-bond donors (Lipinski definition) is 2. The summed E-state index contributed by atoms with van der Waals surface area (Å²) in [5.41, 5.74) is 1.66. The van der Waals surface area contributed by atoms with Gasteiger partial charge in [0, 0.05) is 29.7 Å². The Labute approximate surface area is 118 Å². The molecule has 4 nitrogen and oxygen atoms in total. The van der Waals surface area contributed by atoms with Crippen LogP contribution in [0.1, 0.15) is 23.7 Å². The third-order valence-electron chi connectivity index (χ3n) is 3.38. The largest absolute Gasteiger partial charge is 0.394 e. The molecular weight excluding hydrogens is 252 g/mol. The van der Waals surface area contributed by atoms with Gasteiger partial charge >= 0.3 is 0 Å². The fourth-order valence-electron chi connectivity index (χ4n) is 2.24. The molecule has 1 aromatic heterocycles. The van der Waals surface area contributed by atoms with Gasteiger partial charge in [0.15, 0.2) is 0 Å². The van der Waals surface area contributed by atoms with Crippen LogP contribution in [0.15, 0.2) is 42.6 Å². The molecule has 20 heavy (non-hydrogen) atoms. The summed E-state index contributed by atoms with van der Waals surface area (Å²) in [4.78, 5) is 12.3. The zero-order valence-electron chi connectivity index (χ0n) is 11.8. The Kier molecular flexibility index (Phi) is 4.58. The third-order valence-corrected chi connectivity index (χ3v) is 3.38. The lowest BCUT2D eigenvalue weighted by molar-refractivity contribution is 0.0919. The predicted octanol–water partition coefficient (Wildman–Crippen LogP) is 2.24. The number of aromatic nitrogens is 1. The average Bonchev–Trinajstić information content (AvgIpc) is 2.85. The Balaban J connectivity index is 2.22. The SMILES string of the molecule is C/C=C/CC(CO)NC(=O)c1cccc2c1ccn2C. The molecule has 1 heterocycles. The van der Waals surface area contributed by atoms with Crippen molar-refractivity contribution in [2.45, 2.75) is 19.4 Å². The zero-order chi connectivity index (χ0) is 14.5. The van der Waals surface area contributed by atoms with Crippen LogP contribution in [0.2, 0.25) is 0 Å². The molecule has 0 aliphatic carbocycles. The predicted molar refractivity (Wildman–Crippen MR) is 80.7 cm³/mol. The van der Waals surface area contributed by atoms with Crippen molar-refractivity contribution in [2.75, 3.05) is 6.61 Å². The molecule has 0 aliphatic heterocycles. The maximum atomic E-state index is 12.3. The van der Waals surface area contributed by atoms with Crippen molar-refractivity contribution in [1.82, 2.24) is 9.88 Å². The number of fused-ring (bicyclic) bond motifs is 1. The highest BCUT2D eigenvalue weighted by molar-refractivity contribution is 6.06. The van der Waals surface area contributed by atoms with E-state index >= 15 is 0 Å². The second kappa shape index (κ2) is 6.39. The van der Waals surface area contributed by atoms with Crippen LogP contribution in [0.5, 0.6) is 0 Å². The van der Waals surface area contributed by atoms with E-state index in [-0.39, 0.29) is 18.6 Å². The molecule has 106 valence electrons. The topological polar surface area (TPSA) is 54.3 Å². The second-order valence-electron chi connectivity index (χ2n) is 4.82. The van der Waals surface area contributed by atoms with Crippen molar-refractivity contribution in [3.63, 3.8) is 0 Å². The summed E-state index contributed by atoms with van der Waals surface area (Å²) in [6, 6.07) is 7.34. The second-order valence-corrected chi connectivity index (χ2v) is 4.82. The third kappa shape index (κ3) is 2.91. The summed E-state index contributed by atoms with van der Waals surface area (Å²) < 4.78 is 1.98. The van der Waals surface area contributed by atoms with Crippen molar-refractivity contribution < 1.29 is 9.90 Å². The van der Waals surface area contributed by atoms with E-state index in [0.717, 1.165) is 10.9 Å². The highest BCUT2D eigenvalue weighted by atomic mass is 16.3. The van der Waals surface area contributed by atoms with E-state index in [9.17, 15) is 9.90 Å². The first-order valence-electron chi connectivity index (χ1n) is 6.74. The smallest absolute Gasteiger partial charge is 0.252 e. The molecule has 0 bridgehead atoms. The van der Waals surface area contributed by atoms with Crippen LogP contribution in [-0.4, -0.2) is 28.2 Å². The zero-order valence-corrected chi connectivity index (χ0v) is 11.8. The summed E-state index contributed by atoms with van der Waals surface area (Å²) in [6.07, 6.45) is 6.41. The Hall–Kier alpha value is -2.07. The van der Waals surface area contributed by atoms with Crippen LogP contribution in [-0.2, 0) is 7.05 Å². The number of aliphatic hydroxyl groups excluding tert-OH is 1. The molecule has 2 aromatic rings. The van der Waals surface area contributed by atoms with Gasteiger partial charge in [-0.25, -0.2) is 0 Å². The van der Waals surface area contributed by atoms with Gasteiger partial charge in [0.1, 0.15) is 0 Å². The van der Waals surface area contributed by atoms with Gasteiger partial charge in [0.2, 0.25) is 0 Å². The molecule has 0 aliphatic rings. The monoisotopic (exact) mass is 272 g/mol. The maximum absolute atomic E-state index is 12.3. The first-order valence-corrected chi connectivity index (χ1v) is 6.74. The normalized spacial score (nSPS) is 12.9. The summed E-state index contributed by atoms with van der Waals surface area (Å²) in [5.74, 6) is -0.148. The van der Waals surface area contributed by atoms with Gasteiger partial charge in [-0.3, -0.25) is 4.79 Å². The average molecular weight is 272 g/mol. The molecule has 1 unspecified atom stereocenters. The van der Waals surface area contributed by atoms with Crippen LogP contribution in [0, 0.1) is 0 Å². The standard InChI is InChI=1S/C16H20N2O2/c1-3-4-6-12(11-19)17-16(20)14-7-5-8-15-13(14)9-10-18(15)2/h3-5,7-10,12,19H,6,11H2,1-2H3,(H,17,20)/b4-3+. The van der Waals surface area contributed by atoms with Gasteiger partial charge < -0.3 is 15.0 Å². The molecule has 1 atom stereocenters. The summed E-state index contributed by atoms with van der Waals surface area (Å²) in [5, 5.41) is 13.1. The number of nitrogens with one attached hydrogen (secondary N) is 1. The highest BCUT2D eigenvalue weighted by Gasteiger charge is 2.15. The molecule has 1 aromatic carbocycles. The number of hydrogen-bond acceptors (Lipinski definition) is 2. The Morgan fingerprint density at radius 3 is 2.95 bits per heavy atom. The van der Waals surface area contributed by atoms with Gasteiger partial charge in [-0.05, 0) is 31.5 Å². The minimum Gasteiger partial charge on any atom is -0.394 e. The van der Waals surface area contributed by atoms with Crippen LogP contribution in [0.4, 0.5) is 0 Å². The number of nitrogens with zero attached hydrogens (tertiary/aromatic N) is 1. The van der Waals surface area contributed by atoms with E-state index in [2.05, 4.69) is 5.32 Å². The number of allylic oxidation sites excluding steroid dienone is 1. The molecule has 0 fully saturated rings. The Morgan fingerprint density at radius 1 is 1.45 bits per heavy atom. The van der Waals surface area contributed by atoms with Gasteiger partial charge in [-0.15, -0.1) is 0 Å². The van der Waals surface area contributed by atoms with Crippen LogP contribution in [0.3, 0.4) is 0 Å². The van der Waals surface area contributed by atoms with E-state index in [1.807, 2.05) is 61.2 Å². The lowest BCUT2D eigenvalue weighted by Crippen LogP contribution is -2.37. The van der Waals surface area contributed by atoms with E-state index in [0.29, 0.717) is 12.0 Å². The quantitative estimate of drug-likeness (QED) is 0.820. The molecule has 2 N–H and O–H groups in total. The summed E-state index contributed by atoms with van der Waals surface area (Å²) >= 11 is 0. The van der Waals surface area contributed by atoms with Gasteiger partial charge in [0.25, 0.3) is 5.91 Å². The number of amides is 1. The molecule has 1 amide bonds. The number of carbonyl (C=O) groups excluding carboxylic acids is 1. The van der Waals surface area contributed by atoms with Crippen molar-refractivity contribution in [3.8, 4) is 0 Å². The molecule has 0 saturated heterocycles. The molecule has 0 radical (unpaired) electrons. The Bertz CT molecular complexity index is 628. The minimum atomic E-state index is -0.252. The Morgan fingerprint density at radius 2 is 2.25 bits per heavy atom. The molecule has 2 rings (SSSR count). The maximum Gasteiger partial charge on any atom is 0.252 e. The number of rotatable bonds is 5. The van der Waals surface area contributed by atoms with Gasteiger partial charge in [0.05, 0.1) is 12.6 Å². The van der Waals surface area contributed by atoms with Crippen molar-refractivity contribution in [2.24, 2.45) is 7.05 Å². The van der Waals surface area contributed by atoms with Crippen LogP contribution < -0.4 is 5.32 Å². The van der Waals surface area contributed by atoms with Crippen molar-refractivity contribution >= 4 is 16.8 Å². The number of aryl methyl sites for hydroxylation is 1. The lowest BCUT2D eigenvalue weighted by atomic mass is 10.1. The van der Waals surface area contributed by atoms with Crippen LogP contribution in [0.25, 0.3) is 10.9 Å². The first-order chi connectivity index (χ1) is 9.67. The fraction of sp³-hybridized carbons (Fsp3) is 0.312. The van der Waals surface area contributed by atoms with Gasteiger partial charge in [-0.1, -0.05) is 18.2 Å². The highest BCUT2D eigenvalue weighted by Crippen LogP contribution is 2.19. The number of carbonyl (C=O) groups is 1. The minimum absolute atomic E-state index is 0.0686. The lowest BCUT2D eigenvalue weighted by Gasteiger charge is -2.15. The summed E-state index contributed by atoms with van der Waals surface area (Å²) in [7, 11) is 1.95.